The van der Waals surface area contributed by atoms with Crippen molar-refractivity contribution in [3.05, 3.63) is 59.9 Å². The number of hydrogen-bond acceptors (Lipinski definition) is 3. The van der Waals surface area contributed by atoms with Crippen molar-refractivity contribution in [1.82, 2.24) is 4.98 Å². The Kier molecular flexibility index (Phi) is 4.53. The quantitative estimate of drug-likeness (QED) is 0.892. The number of rotatable bonds is 5. The van der Waals surface area contributed by atoms with Crippen molar-refractivity contribution in [2.45, 2.75) is 26.0 Å². The van der Waals surface area contributed by atoms with Gasteiger partial charge < -0.3 is 10.0 Å². The fourth-order valence-electron chi connectivity index (χ4n) is 2.16. The summed E-state index contributed by atoms with van der Waals surface area (Å²) in [5, 5.41) is 10.1. The Balaban J connectivity index is 2.21. The third kappa shape index (κ3) is 3.32. The molecule has 0 aliphatic carbocycles. The monoisotopic (exact) mass is 256 g/mol. The molecule has 0 aliphatic heterocycles. The Morgan fingerprint density at radius 1 is 1.16 bits per heavy atom. The van der Waals surface area contributed by atoms with E-state index in [0.29, 0.717) is 6.42 Å². The summed E-state index contributed by atoms with van der Waals surface area (Å²) in [6, 6.07) is 13.9. The number of para-hydroxylation sites is 1. The summed E-state index contributed by atoms with van der Waals surface area (Å²) in [7, 11) is 2.02. The van der Waals surface area contributed by atoms with Crippen molar-refractivity contribution in [1.29, 1.82) is 0 Å². The van der Waals surface area contributed by atoms with Gasteiger partial charge in [0.2, 0.25) is 0 Å². The average Bonchev–Trinajstić information content (AvgIpc) is 2.47. The van der Waals surface area contributed by atoms with E-state index in [0.717, 1.165) is 23.5 Å². The molecule has 100 valence electrons. The van der Waals surface area contributed by atoms with Gasteiger partial charge in [0.1, 0.15) is 0 Å². The lowest BCUT2D eigenvalue weighted by Crippen LogP contribution is -2.19. The Labute approximate surface area is 114 Å². The summed E-state index contributed by atoms with van der Waals surface area (Å²) in [6.45, 7) is 2.72. The number of anilines is 1. The highest BCUT2D eigenvalue weighted by molar-refractivity contribution is 5.54. The lowest BCUT2D eigenvalue weighted by Gasteiger charge is -2.24. The van der Waals surface area contributed by atoms with Crippen molar-refractivity contribution in [3.63, 3.8) is 0 Å². The van der Waals surface area contributed by atoms with E-state index in [1.165, 1.54) is 0 Å². The number of aliphatic hydroxyl groups is 1. The van der Waals surface area contributed by atoms with Crippen molar-refractivity contribution in [2.75, 3.05) is 11.9 Å². The first-order valence-electron chi connectivity index (χ1n) is 6.60. The fourth-order valence-corrected chi connectivity index (χ4v) is 2.16. The molecule has 1 aromatic heterocycles. The van der Waals surface area contributed by atoms with Crippen LogP contribution in [0.5, 0.6) is 0 Å². The molecule has 0 bridgehead atoms. The normalized spacial score (nSPS) is 12.2. The molecule has 0 saturated heterocycles. The summed E-state index contributed by atoms with van der Waals surface area (Å²) in [6.07, 6.45) is 2.10. The minimum absolute atomic E-state index is 0.414. The van der Waals surface area contributed by atoms with Gasteiger partial charge in [0, 0.05) is 24.5 Å². The van der Waals surface area contributed by atoms with Crippen molar-refractivity contribution >= 4 is 5.69 Å². The van der Waals surface area contributed by atoms with Crippen LogP contribution in [0.4, 0.5) is 5.69 Å². The highest BCUT2D eigenvalue weighted by Gasteiger charge is 2.13. The average molecular weight is 256 g/mol. The Hall–Kier alpha value is -1.87. The second-order valence-electron chi connectivity index (χ2n) is 4.66. The van der Waals surface area contributed by atoms with Gasteiger partial charge in [0.05, 0.1) is 18.3 Å². The molecule has 0 fully saturated rings. The Morgan fingerprint density at radius 3 is 2.58 bits per heavy atom. The van der Waals surface area contributed by atoms with E-state index >= 15 is 0 Å². The van der Waals surface area contributed by atoms with Gasteiger partial charge >= 0.3 is 0 Å². The highest BCUT2D eigenvalue weighted by Crippen LogP contribution is 2.28. The molecule has 1 aromatic carbocycles. The molecule has 0 unspecified atom stereocenters. The number of hydrogen-bond donors (Lipinski definition) is 1. The number of pyridine rings is 1. The molecule has 3 nitrogen and oxygen atoms in total. The van der Waals surface area contributed by atoms with E-state index < -0.39 is 6.10 Å². The maximum atomic E-state index is 10.1. The standard InChI is InChI=1S/C16H20N2O/c1-3-16(19)14-9-4-5-10-15(14)18(2)12-13-8-6-7-11-17-13/h4-11,16,19H,3,12H2,1-2H3/t16-/m1/s1. The zero-order valence-electron chi connectivity index (χ0n) is 11.5. The second-order valence-corrected chi connectivity index (χ2v) is 4.66. The van der Waals surface area contributed by atoms with Gasteiger partial charge in [-0.2, -0.15) is 0 Å². The zero-order valence-corrected chi connectivity index (χ0v) is 11.5. The van der Waals surface area contributed by atoms with Gasteiger partial charge in [0.15, 0.2) is 0 Å². The second kappa shape index (κ2) is 6.34. The van der Waals surface area contributed by atoms with Gasteiger partial charge in [-0.3, -0.25) is 4.98 Å². The summed E-state index contributed by atoms with van der Waals surface area (Å²) < 4.78 is 0. The molecule has 0 spiro atoms. The minimum Gasteiger partial charge on any atom is -0.388 e. The van der Waals surface area contributed by atoms with Gasteiger partial charge in [-0.25, -0.2) is 0 Å². The molecule has 0 amide bonds. The van der Waals surface area contributed by atoms with Crippen LogP contribution in [0.15, 0.2) is 48.7 Å². The Morgan fingerprint density at radius 2 is 1.89 bits per heavy atom. The zero-order chi connectivity index (χ0) is 13.7. The number of aliphatic hydroxyl groups excluding tert-OH is 1. The first-order valence-corrected chi connectivity index (χ1v) is 6.60. The smallest absolute Gasteiger partial charge is 0.0807 e. The molecule has 2 rings (SSSR count). The maximum absolute atomic E-state index is 10.1. The predicted molar refractivity (Wildman–Crippen MR) is 78.0 cm³/mol. The number of aromatic nitrogens is 1. The van der Waals surface area contributed by atoms with Crippen LogP contribution in [-0.4, -0.2) is 17.1 Å². The van der Waals surface area contributed by atoms with Gasteiger partial charge in [-0.15, -0.1) is 0 Å². The summed E-state index contributed by atoms with van der Waals surface area (Å²) in [5.74, 6) is 0. The fraction of sp³-hybridized carbons (Fsp3) is 0.312. The first kappa shape index (κ1) is 13.6. The van der Waals surface area contributed by atoms with Crippen LogP contribution in [0.1, 0.15) is 30.7 Å². The van der Waals surface area contributed by atoms with Gasteiger partial charge in [-0.1, -0.05) is 31.2 Å². The lowest BCUT2D eigenvalue weighted by molar-refractivity contribution is 0.174. The molecular formula is C16H20N2O. The van der Waals surface area contributed by atoms with Crippen LogP contribution in [0.25, 0.3) is 0 Å². The first-order chi connectivity index (χ1) is 9.22. The van der Waals surface area contributed by atoms with Crippen molar-refractivity contribution in [2.24, 2.45) is 0 Å². The minimum atomic E-state index is -0.414. The van der Waals surface area contributed by atoms with Crippen LogP contribution < -0.4 is 4.90 Å². The molecule has 1 heterocycles. The third-order valence-electron chi connectivity index (χ3n) is 3.22. The molecule has 0 aliphatic rings. The highest BCUT2D eigenvalue weighted by atomic mass is 16.3. The molecule has 1 N–H and O–H groups in total. The van der Waals surface area contributed by atoms with E-state index in [1.807, 2.05) is 56.4 Å². The number of nitrogens with zero attached hydrogens (tertiary/aromatic N) is 2. The Bertz CT molecular complexity index is 513. The molecule has 0 saturated carbocycles. The molecule has 3 heteroatoms. The molecule has 0 radical (unpaired) electrons. The predicted octanol–water partition coefficient (Wildman–Crippen LogP) is 3.16. The van der Waals surface area contributed by atoms with Crippen molar-refractivity contribution in [3.8, 4) is 0 Å². The van der Waals surface area contributed by atoms with Crippen LogP contribution in [0.3, 0.4) is 0 Å². The van der Waals surface area contributed by atoms with E-state index in [9.17, 15) is 5.11 Å². The van der Waals surface area contributed by atoms with E-state index in [1.54, 1.807) is 6.20 Å². The molecule has 19 heavy (non-hydrogen) atoms. The van der Waals surface area contributed by atoms with Gasteiger partial charge in [0.25, 0.3) is 0 Å². The molecule has 2 aromatic rings. The number of benzene rings is 1. The summed E-state index contributed by atoms with van der Waals surface area (Å²) in [4.78, 5) is 6.46. The van der Waals surface area contributed by atoms with Gasteiger partial charge in [-0.05, 0) is 24.6 Å². The topological polar surface area (TPSA) is 36.4 Å². The van der Waals surface area contributed by atoms with E-state index in [-0.39, 0.29) is 0 Å². The summed E-state index contributed by atoms with van der Waals surface area (Å²) in [5.41, 5.74) is 3.05. The largest absolute Gasteiger partial charge is 0.388 e. The SMILES string of the molecule is CC[C@@H](O)c1ccccc1N(C)Cc1ccccn1. The molecule has 1 atom stereocenters. The third-order valence-corrected chi connectivity index (χ3v) is 3.22. The lowest BCUT2D eigenvalue weighted by atomic mass is 10.0. The maximum Gasteiger partial charge on any atom is 0.0807 e. The van der Waals surface area contributed by atoms with E-state index in [4.69, 9.17) is 0 Å². The van der Waals surface area contributed by atoms with Crippen LogP contribution in [-0.2, 0) is 6.54 Å². The van der Waals surface area contributed by atoms with E-state index in [2.05, 4.69) is 9.88 Å². The van der Waals surface area contributed by atoms with Crippen LogP contribution >= 0.6 is 0 Å². The summed E-state index contributed by atoms with van der Waals surface area (Å²) >= 11 is 0. The van der Waals surface area contributed by atoms with Crippen LogP contribution in [0.2, 0.25) is 0 Å². The van der Waals surface area contributed by atoms with Crippen molar-refractivity contribution < 1.29 is 5.11 Å². The molecular weight excluding hydrogens is 236 g/mol. The van der Waals surface area contributed by atoms with Crippen LogP contribution in [0, 0.1) is 0 Å².